The molecule has 4 nitrogen and oxygen atoms in total. The standard InChI is InChI=1S/C35H45N3O/c1-5-37(6-2)22-12-13-28(4)36-35(39)24-31(23-29-14-8-7-9-15-29)33-26-38(34-17-11-10-16-32(33)34)25-30-20-18-27(3)19-21-30/h7-11,14-21,26,28,31H,5-6,12-13,22-25H2,1-4H3,(H,36,39)/t28-,31-/m1/s1. The smallest absolute Gasteiger partial charge is 0.220 e. The lowest BCUT2D eigenvalue weighted by Crippen LogP contribution is -2.34. The van der Waals surface area contributed by atoms with Crippen molar-refractivity contribution in [1.82, 2.24) is 14.8 Å². The number of carbonyl (C=O) groups is 1. The van der Waals surface area contributed by atoms with Gasteiger partial charge in [0.2, 0.25) is 5.91 Å². The molecule has 1 amide bonds. The number of aromatic nitrogens is 1. The van der Waals surface area contributed by atoms with Crippen LogP contribution in [0.25, 0.3) is 10.9 Å². The molecule has 2 atom stereocenters. The van der Waals surface area contributed by atoms with Crippen molar-refractivity contribution in [2.24, 2.45) is 0 Å². The summed E-state index contributed by atoms with van der Waals surface area (Å²) in [6.07, 6.45) is 5.71. The number of carbonyl (C=O) groups excluding carboxylic acids is 1. The van der Waals surface area contributed by atoms with Crippen LogP contribution in [0.1, 0.15) is 68.2 Å². The molecular weight excluding hydrogens is 478 g/mol. The number of hydrogen-bond donors (Lipinski definition) is 1. The van der Waals surface area contributed by atoms with E-state index in [2.05, 4.69) is 128 Å². The Bertz CT molecular complexity index is 1300. The van der Waals surface area contributed by atoms with Crippen LogP contribution in [0.5, 0.6) is 0 Å². The summed E-state index contributed by atoms with van der Waals surface area (Å²) < 4.78 is 2.35. The molecule has 0 aliphatic carbocycles. The lowest BCUT2D eigenvalue weighted by Gasteiger charge is -2.21. The molecule has 206 valence electrons. The Kier molecular flexibility index (Phi) is 10.4. The van der Waals surface area contributed by atoms with Crippen LogP contribution >= 0.6 is 0 Å². The fraction of sp³-hybridized carbons (Fsp3) is 0.400. The second-order valence-corrected chi connectivity index (χ2v) is 10.9. The summed E-state index contributed by atoms with van der Waals surface area (Å²) in [4.78, 5) is 15.8. The van der Waals surface area contributed by atoms with Crippen LogP contribution < -0.4 is 5.32 Å². The number of rotatable bonds is 14. The van der Waals surface area contributed by atoms with Crippen molar-refractivity contribution in [2.75, 3.05) is 19.6 Å². The van der Waals surface area contributed by atoms with Gasteiger partial charge < -0.3 is 14.8 Å². The number of nitrogens with one attached hydrogen (secondary N) is 1. The van der Waals surface area contributed by atoms with E-state index in [-0.39, 0.29) is 17.9 Å². The number of para-hydroxylation sites is 1. The van der Waals surface area contributed by atoms with Crippen molar-refractivity contribution in [2.45, 2.75) is 71.9 Å². The zero-order chi connectivity index (χ0) is 27.6. The van der Waals surface area contributed by atoms with Gasteiger partial charge in [-0.25, -0.2) is 0 Å². The van der Waals surface area contributed by atoms with Gasteiger partial charge in [-0.05, 0) is 81.4 Å². The Hall–Kier alpha value is -3.37. The second-order valence-electron chi connectivity index (χ2n) is 10.9. The van der Waals surface area contributed by atoms with E-state index < -0.39 is 0 Å². The van der Waals surface area contributed by atoms with Gasteiger partial charge in [0.25, 0.3) is 0 Å². The highest BCUT2D eigenvalue weighted by atomic mass is 16.1. The third-order valence-corrected chi connectivity index (χ3v) is 7.90. The molecule has 0 aliphatic rings. The molecule has 0 saturated carbocycles. The van der Waals surface area contributed by atoms with Crippen LogP contribution in [-0.4, -0.2) is 41.1 Å². The monoisotopic (exact) mass is 523 g/mol. The summed E-state index contributed by atoms with van der Waals surface area (Å²) in [5, 5.41) is 4.55. The van der Waals surface area contributed by atoms with Crippen LogP contribution in [-0.2, 0) is 17.8 Å². The summed E-state index contributed by atoms with van der Waals surface area (Å²) in [7, 11) is 0. The predicted octanol–water partition coefficient (Wildman–Crippen LogP) is 7.34. The summed E-state index contributed by atoms with van der Waals surface area (Å²) >= 11 is 0. The highest BCUT2D eigenvalue weighted by molar-refractivity contribution is 5.86. The molecule has 0 fully saturated rings. The molecule has 3 aromatic carbocycles. The highest BCUT2D eigenvalue weighted by Crippen LogP contribution is 2.33. The van der Waals surface area contributed by atoms with E-state index in [9.17, 15) is 4.79 Å². The molecule has 0 spiro atoms. The van der Waals surface area contributed by atoms with Crippen molar-refractivity contribution in [1.29, 1.82) is 0 Å². The van der Waals surface area contributed by atoms with Crippen LogP contribution in [0.4, 0.5) is 0 Å². The minimum atomic E-state index is 0.0967. The molecule has 39 heavy (non-hydrogen) atoms. The number of amides is 1. The van der Waals surface area contributed by atoms with Crippen molar-refractivity contribution >= 4 is 16.8 Å². The average molecular weight is 524 g/mol. The molecular formula is C35H45N3O. The van der Waals surface area contributed by atoms with E-state index in [1.807, 2.05) is 0 Å². The van der Waals surface area contributed by atoms with Crippen molar-refractivity contribution in [3.8, 4) is 0 Å². The summed E-state index contributed by atoms with van der Waals surface area (Å²) in [6, 6.07) is 28.1. The predicted molar refractivity (Wildman–Crippen MR) is 164 cm³/mol. The Balaban J connectivity index is 1.54. The highest BCUT2D eigenvalue weighted by Gasteiger charge is 2.22. The summed E-state index contributed by atoms with van der Waals surface area (Å²) in [5.41, 5.74) is 6.29. The molecule has 1 heterocycles. The van der Waals surface area contributed by atoms with E-state index in [1.54, 1.807) is 0 Å². The fourth-order valence-corrected chi connectivity index (χ4v) is 5.60. The topological polar surface area (TPSA) is 37.3 Å². The van der Waals surface area contributed by atoms with E-state index >= 15 is 0 Å². The second kappa shape index (κ2) is 14.1. The fourth-order valence-electron chi connectivity index (χ4n) is 5.60. The van der Waals surface area contributed by atoms with Gasteiger partial charge >= 0.3 is 0 Å². The molecule has 0 saturated heterocycles. The summed E-state index contributed by atoms with van der Waals surface area (Å²) in [5.74, 6) is 0.237. The number of benzene rings is 3. The number of hydrogen-bond acceptors (Lipinski definition) is 2. The van der Waals surface area contributed by atoms with Crippen molar-refractivity contribution in [3.05, 3.63) is 107 Å². The summed E-state index contributed by atoms with van der Waals surface area (Å²) in [6.45, 7) is 12.7. The molecule has 1 N–H and O–H groups in total. The minimum absolute atomic E-state index is 0.0967. The SMILES string of the molecule is CCN(CC)CCC[C@@H](C)NC(=O)C[C@@H](Cc1ccccc1)c1cn(Cc2ccc(C)cc2)c2ccccc12. The first-order valence-electron chi connectivity index (χ1n) is 14.7. The first kappa shape index (κ1) is 28.6. The zero-order valence-electron chi connectivity index (χ0n) is 24.2. The van der Waals surface area contributed by atoms with Gasteiger partial charge in [-0.1, -0.05) is 92.2 Å². The average Bonchev–Trinajstić information content (AvgIpc) is 3.31. The van der Waals surface area contributed by atoms with Crippen LogP contribution in [0.15, 0.2) is 85.1 Å². The Morgan fingerprint density at radius 3 is 2.31 bits per heavy atom. The Morgan fingerprint density at radius 2 is 1.59 bits per heavy atom. The molecule has 4 heteroatoms. The number of fused-ring (bicyclic) bond motifs is 1. The lowest BCUT2D eigenvalue weighted by molar-refractivity contribution is -0.122. The maximum absolute atomic E-state index is 13.4. The van der Waals surface area contributed by atoms with Gasteiger partial charge in [-0.2, -0.15) is 0 Å². The molecule has 0 radical (unpaired) electrons. The van der Waals surface area contributed by atoms with Crippen LogP contribution in [0.3, 0.4) is 0 Å². The first-order chi connectivity index (χ1) is 19.0. The first-order valence-corrected chi connectivity index (χ1v) is 14.7. The van der Waals surface area contributed by atoms with Crippen LogP contribution in [0.2, 0.25) is 0 Å². The molecule has 4 aromatic rings. The Labute approximate surface area is 235 Å². The van der Waals surface area contributed by atoms with Gasteiger partial charge in [-0.15, -0.1) is 0 Å². The molecule has 0 bridgehead atoms. The number of nitrogens with zero attached hydrogens (tertiary/aromatic N) is 2. The molecule has 4 rings (SSSR count). The zero-order valence-corrected chi connectivity index (χ0v) is 24.2. The Morgan fingerprint density at radius 1 is 0.897 bits per heavy atom. The molecule has 0 unspecified atom stereocenters. The number of aryl methyl sites for hydroxylation is 1. The molecule has 0 aliphatic heterocycles. The van der Waals surface area contributed by atoms with Crippen molar-refractivity contribution < 1.29 is 4.79 Å². The van der Waals surface area contributed by atoms with Gasteiger partial charge in [-0.3, -0.25) is 4.79 Å². The third-order valence-electron chi connectivity index (χ3n) is 7.90. The van der Waals surface area contributed by atoms with E-state index in [0.29, 0.717) is 6.42 Å². The van der Waals surface area contributed by atoms with Gasteiger partial charge in [0.05, 0.1) is 0 Å². The van der Waals surface area contributed by atoms with Gasteiger partial charge in [0.15, 0.2) is 0 Å². The van der Waals surface area contributed by atoms with Crippen molar-refractivity contribution in [3.63, 3.8) is 0 Å². The third kappa shape index (κ3) is 8.06. The maximum atomic E-state index is 13.4. The normalized spacial score (nSPS) is 13.1. The lowest BCUT2D eigenvalue weighted by atomic mass is 9.88. The van der Waals surface area contributed by atoms with E-state index in [4.69, 9.17) is 0 Å². The van der Waals surface area contributed by atoms with Crippen LogP contribution in [0, 0.1) is 6.92 Å². The quantitative estimate of drug-likeness (QED) is 0.188. The van der Waals surface area contributed by atoms with Gasteiger partial charge in [0, 0.05) is 36.1 Å². The molecule has 1 aromatic heterocycles. The van der Waals surface area contributed by atoms with E-state index in [1.165, 1.54) is 33.2 Å². The minimum Gasteiger partial charge on any atom is -0.354 e. The maximum Gasteiger partial charge on any atom is 0.220 e. The van der Waals surface area contributed by atoms with E-state index in [0.717, 1.165) is 45.4 Å². The largest absolute Gasteiger partial charge is 0.354 e. The van der Waals surface area contributed by atoms with Gasteiger partial charge in [0.1, 0.15) is 0 Å².